The van der Waals surface area contributed by atoms with Gasteiger partial charge in [-0.3, -0.25) is 0 Å². The molecule has 1 aromatic rings. The molecule has 1 unspecified atom stereocenters. The highest BCUT2D eigenvalue weighted by molar-refractivity contribution is 5.19. The number of nitrogens with one attached hydrogen (secondary N) is 2. The summed E-state index contributed by atoms with van der Waals surface area (Å²) in [5.74, 6) is 4.65. The van der Waals surface area contributed by atoms with Gasteiger partial charge in [-0.1, -0.05) is 92.9 Å². The molecule has 4 aliphatic carbocycles. The molecule has 45 heavy (non-hydrogen) atoms. The van der Waals surface area contributed by atoms with Gasteiger partial charge in [0, 0.05) is 49.3 Å². The summed E-state index contributed by atoms with van der Waals surface area (Å²) in [4.78, 5) is 7.52. The van der Waals surface area contributed by atoms with Gasteiger partial charge in [-0.25, -0.2) is 4.98 Å². The topological polar surface area (TPSA) is 70.2 Å². The lowest BCUT2D eigenvalue weighted by Gasteiger charge is -2.66. The molecule has 4 fully saturated rings. The number of hydrogen-bond donors (Lipinski definition) is 3. The Bertz CT molecular complexity index is 1010. The van der Waals surface area contributed by atoms with Gasteiger partial charge in [0.1, 0.15) is 0 Å². The molecule has 0 saturated heterocycles. The summed E-state index contributed by atoms with van der Waals surface area (Å²) in [6, 6.07) is 0.122. The molecular formula is C40H71N3O2. The fourth-order valence-electron chi connectivity index (χ4n) is 11.6. The minimum absolute atomic E-state index is 0.0517. The molecule has 5 rings (SSSR count). The van der Waals surface area contributed by atoms with E-state index in [0.717, 1.165) is 75.3 Å². The minimum atomic E-state index is -0.720. The molecule has 0 bridgehead atoms. The summed E-state index contributed by atoms with van der Waals surface area (Å²) >= 11 is 0. The molecule has 4 saturated carbocycles. The number of unbranched alkanes of at least 4 members (excludes halogenated alkanes) is 5. The Balaban J connectivity index is 1.29. The SMILES string of the molecule is CCCCCCCCO[C@H]1CC[C@]2(C)[C@H]3CC[C@]4(C)[C@@H](C(C)CCCC(C)C)CC[C@H]4[C@@H]3C[C@@H](NCCc3cnc[nH]3)[C@@]2(O)C1. The zero-order chi connectivity index (χ0) is 32.1. The highest BCUT2D eigenvalue weighted by atomic mass is 16.5. The number of nitrogens with zero attached hydrogens (tertiary/aromatic N) is 1. The van der Waals surface area contributed by atoms with Crippen molar-refractivity contribution in [2.75, 3.05) is 13.2 Å². The second-order valence-electron chi connectivity index (χ2n) is 17.3. The van der Waals surface area contributed by atoms with Crippen LogP contribution in [0.5, 0.6) is 0 Å². The van der Waals surface area contributed by atoms with E-state index in [4.69, 9.17) is 4.74 Å². The van der Waals surface area contributed by atoms with Crippen LogP contribution in [0, 0.1) is 46.3 Å². The Hall–Kier alpha value is -0.910. The van der Waals surface area contributed by atoms with E-state index in [1.54, 1.807) is 6.33 Å². The van der Waals surface area contributed by atoms with Gasteiger partial charge in [0.05, 0.1) is 18.0 Å². The van der Waals surface area contributed by atoms with Crippen LogP contribution in [0.1, 0.15) is 156 Å². The van der Waals surface area contributed by atoms with Gasteiger partial charge in [0.2, 0.25) is 0 Å². The van der Waals surface area contributed by atoms with Crippen molar-refractivity contribution in [3.05, 3.63) is 18.2 Å². The van der Waals surface area contributed by atoms with Gasteiger partial charge in [-0.05, 0) is 92.3 Å². The molecule has 3 N–H and O–H groups in total. The lowest BCUT2D eigenvalue weighted by atomic mass is 9.42. The highest BCUT2D eigenvalue weighted by Gasteiger charge is 2.67. The molecule has 5 heteroatoms. The van der Waals surface area contributed by atoms with Crippen LogP contribution in [0.15, 0.2) is 12.5 Å². The standard InChI is InChI=1S/C40H71N3O2/c1-7-8-9-10-11-12-24-45-32-18-22-39(6)36-19-21-38(5)34(30(4)15-13-14-29(2)3)16-17-35(38)33(36)25-37(40(39,44)26-32)42-23-20-31-27-41-28-43-31/h27-30,32-37,42,44H,7-26H2,1-6H3,(H,41,43)/t30?,32-,33-,34+,35-,36-,37+,38+,39+,40-/m0/s1. The molecule has 258 valence electrons. The average Bonchev–Trinajstić information content (AvgIpc) is 3.65. The quantitative estimate of drug-likeness (QED) is 0.151. The van der Waals surface area contributed by atoms with Crippen molar-refractivity contribution in [1.29, 1.82) is 0 Å². The Labute approximate surface area is 277 Å². The van der Waals surface area contributed by atoms with E-state index in [2.05, 4.69) is 56.8 Å². The molecule has 0 aromatic carbocycles. The third-order valence-corrected chi connectivity index (χ3v) is 14.2. The van der Waals surface area contributed by atoms with Crippen LogP contribution >= 0.6 is 0 Å². The van der Waals surface area contributed by atoms with Crippen molar-refractivity contribution in [3.8, 4) is 0 Å². The van der Waals surface area contributed by atoms with Gasteiger partial charge >= 0.3 is 0 Å². The van der Waals surface area contributed by atoms with Crippen molar-refractivity contribution in [1.82, 2.24) is 15.3 Å². The van der Waals surface area contributed by atoms with Crippen LogP contribution in [0.25, 0.3) is 0 Å². The Kier molecular flexibility index (Phi) is 12.2. The van der Waals surface area contributed by atoms with E-state index in [0.29, 0.717) is 17.3 Å². The Morgan fingerprint density at radius 3 is 2.53 bits per heavy atom. The fourth-order valence-corrected chi connectivity index (χ4v) is 11.6. The van der Waals surface area contributed by atoms with Crippen molar-refractivity contribution < 1.29 is 9.84 Å². The van der Waals surface area contributed by atoms with Crippen LogP contribution in [0.3, 0.4) is 0 Å². The van der Waals surface area contributed by atoms with Gasteiger partial charge in [0.15, 0.2) is 0 Å². The number of aromatic amines is 1. The second kappa shape index (κ2) is 15.5. The fraction of sp³-hybridized carbons (Fsp3) is 0.925. The number of imidazole rings is 1. The predicted octanol–water partition coefficient (Wildman–Crippen LogP) is 9.50. The zero-order valence-electron chi connectivity index (χ0n) is 30.2. The molecule has 0 aliphatic heterocycles. The molecule has 1 aromatic heterocycles. The minimum Gasteiger partial charge on any atom is -0.388 e. The number of ether oxygens (including phenoxy) is 1. The number of hydrogen-bond acceptors (Lipinski definition) is 4. The van der Waals surface area contributed by atoms with Crippen LogP contribution < -0.4 is 5.32 Å². The number of aromatic nitrogens is 2. The molecule has 0 radical (unpaired) electrons. The zero-order valence-corrected chi connectivity index (χ0v) is 30.2. The van der Waals surface area contributed by atoms with Crippen molar-refractivity contribution in [3.63, 3.8) is 0 Å². The Morgan fingerprint density at radius 1 is 0.978 bits per heavy atom. The molecule has 0 amide bonds. The normalized spacial score (nSPS) is 38.6. The lowest BCUT2D eigenvalue weighted by molar-refractivity contribution is -0.238. The number of rotatable bonds is 17. The van der Waals surface area contributed by atoms with Crippen molar-refractivity contribution >= 4 is 0 Å². The van der Waals surface area contributed by atoms with Gasteiger partial charge < -0.3 is 20.1 Å². The highest BCUT2D eigenvalue weighted by Crippen LogP contribution is 2.69. The molecular weight excluding hydrogens is 554 g/mol. The third kappa shape index (κ3) is 7.56. The number of H-pyrrole nitrogens is 1. The maximum Gasteiger partial charge on any atom is 0.0921 e. The smallest absolute Gasteiger partial charge is 0.0921 e. The average molecular weight is 626 g/mol. The molecule has 4 aliphatic rings. The van der Waals surface area contributed by atoms with E-state index in [9.17, 15) is 5.11 Å². The first-order valence-electron chi connectivity index (χ1n) is 19.7. The predicted molar refractivity (Wildman–Crippen MR) is 187 cm³/mol. The second-order valence-corrected chi connectivity index (χ2v) is 17.3. The molecule has 1 heterocycles. The first-order valence-corrected chi connectivity index (χ1v) is 19.7. The summed E-state index contributed by atoms with van der Waals surface area (Å²) in [5.41, 5.74) is 0.860. The largest absolute Gasteiger partial charge is 0.388 e. The summed E-state index contributed by atoms with van der Waals surface area (Å²) in [7, 11) is 0. The van der Waals surface area contributed by atoms with E-state index >= 15 is 0 Å². The first-order chi connectivity index (χ1) is 21.6. The van der Waals surface area contributed by atoms with Crippen molar-refractivity contribution in [2.24, 2.45) is 46.3 Å². The summed E-state index contributed by atoms with van der Waals surface area (Å²) < 4.78 is 6.57. The maximum absolute atomic E-state index is 13.0. The van der Waals surface area contributed by atoms with Crippen LogP contribution in [0.2, 0.25) is 0 Å². The van der Waals surface area contributed by atoms with E-state index in [-0.39, 0.29) is 17.6 Å². The number of aliphatic hydroxyl groups is 1. The first kappa shape index (κ1) is 35.4. The lowest BCUT2D eigenvalue weighted by Crippen LogP contribution is -2.71. The van der Waals surface area contributed by atoms with Gasteiger partial charge in [-0.2, -0.15) is 0 Å². The monoisotopic (exact) mass is 626 g/mol. The van der Waals surface area contributed by atoms with E-state index in [1.807, 2.05) is 6.20 Å². The van der Waals surface area contributed by atoms with Gasteiger partial charge in [-0.15, -0.1) is 0 Å². The van der Waals surface area contributed by atoms with Crippen LogP contribution in [-0.2, 0) is 11.2 Å². The van der Waals surface area contributed by atoms with E-state index < -0.39 is 5.60 Å². The van der Waals surface area contributed by atoms with E-state index in [1.165, 1.54) is 82.7 Å². The summed E-state index contributed by atoms with van der Waals surface area (Å²) in [6.07, 6.45) is 26.3. The molecule has 10 atom stereocenters. The van der Waals surface area contributed by atoms with Crippen molar-refractivity contribution in [2.45, 2.75) is 175 Å². The van der Waals surface area contributed by atoms with Gasteiger partial charge in [0.25, 0.3) is 0 Å². The summed E-state index contributed by atoms with van der Waals surface area (Å²) in [5, 5.41) is 17.0. The molecule has 5 nitrogen and oxygen atoms in total. The number of fused-ring (bicyclic) bond motifs is 5. The maximum atomic E-state index is 13.0. The third-order valence-electron chi connectivity index (χ3n) is 14.2. The summed E-state index contributed by atoms with van der Waals surface area (Å²) in [6.45, 7) is 16.5. The van der Waals surface area contributed by atoms with Crippen LogP contribution in [0.4, 0.5) is 0 Å². The van der Waals surface area contributed by atoms with Crippen LogP contribution in [-0.4, -0.2) is 46.0 Å². The molecule has 0 spiro atoms. The Morgan fingerprint density at radius 2 is 1.78 bits per heavy atom.